The second-order valence-corrected chi connectivity index (χ2v) is 6.18. The minimum Gasteiger partial charge on any atom is -0.364 e. The average molecular weight is 305 g/mol. The summed E-state index contributed by atoms with van der Waals surface area (Å²) >= 11 is 11.5. The molecule has 0 spiro atoms. The van der Waals surface area contributed by atoms with Crippen LogP contribution in [0.1, 0.15) is 5.69 Å². The smallest absolute Gasteiger partial charge is 0.240 e. The van der Waals surface area contributed by atoms with Crippen LogP contribution < -0.4 is 4.72 Å². The van der Waals surface area contributed by atoms with Crippen molar-refractivity contribution in [1.82, 2.24) is 9.71 Å². The third-order valence-corrected chi connectivity index (χ3v) is 4.45. The predicted octanol–water partition coefficient (Wildman–Crippen LogP) is 2.80. The molecule has 1 aromatic carbocycles. The minimum atomic E-state index is -3.59. The molecule has 96 valence electrons. The number of halogens is 2. The summed E-state index contributed by atoms with van der Waals surface area (Å²) in [6.45, 7) is 0.190. The number of aromatic amines is 1. The van der Waals surface area contributed by atoms with E-state index >= 15 is 0 Å². The first-order valence-electron chi connectivity index (χ1n) is 5.06. The van der Waals surface area contributed by atoms with Gasteiger partial charge in [0, 0.05) is 11.9 Å². The normalized spacial score (nSPS) is 11.7. The van der Waals surface area contributed by atoms with Gasteiger partial charge in [0.1, 0.15) is 0 Å². The number of hydrogen-bond donors (Lipinski definition) is 2. The van der Waals surface area contributed by atoms with Crippen molar-refractivity contribution in [3.05, 3.63) is 52.3 Å². The first kappa shape index (κ1) is 13.4. The van der Waals surface area contributed by atoms with Crippen molar-refractivity contribution in [2.24, 2.45) is 0 Å². The fourth-order valence-corrected chi connectivity index (χ4v) is 2.77. The molecule has 0 saturated heterocycles. The Kier molecular flexibility index (Phi) is 3.97. The number of hydrogen-bond acceptors (Lipinski definition) is 2. The van der Waals surface area contributed by atoms with Gasteiger partial charge in [0.15, 0.2) is 0 Å². The third kappa shape index (κ3) is 3.05. The molecule has 0 saturated carbocycles. The van der Waals surface area contributed by atoms with Crippen molar-refractivity contribution in [3.8, 4) is 0 Å². The van der Waals surface area contributed by atoms with Crippen LogP contribution >= 0.6 is 23.2 Å². The molecule has 2 rings (SSSR count). The summed E-state index contributed by atoms with van der Waals surface area (Å²) in [5.41, 5.74) is 0.777. The lowest BCUT2D eigenvalue weighted by Gasteiger charge is -2.06. The lowest BCUT2D eigenvalue weighted by atomic mass is 10.4. The standard InChI is InChI=1S/C11H10Cl2N2O2S/c12-10-4-3-9(6-11(10)13)18(16,17)15-7-8-2-1-5-14-8/h1-6,14-15H,7H2. The van der Waals surface area contributed by atoms with E-state index in [9.17, 15) is 8.42 Å². The number of aromatic nitrogens is 1. The molecular formula is C11H10Cl2N2O2S. The highest BCUT2D eigenvalue weighted by Crippen LogP contribution is 2.24. The summed E-state index contributed by atoms with van der Waals surface area (Å²) in [5, 5.41) is 0.527. The van der Waals surface area contributed by atoms with E-state index in [1.54, 1.807) is 18.3 Å². The van der Waals surface area contributed by atoms with Crippen molar-refractivity contribution in [2.45, 2.75) is 11.4 Å². The van der Waals surface area contributed by atoms with Crippen LogP contribution in [0.5, 0.6) is 0 Å². The van der Waals surface area contributed by atoms with Crippen molar-refractivity contribution < 1.29 is 8.42 Å². The molecule has 0 bridgehead atoms. The van der Waals surface area contributed by atoms with Gasteiger partial charge in [-0.25, -0.2) is 13.1 Å². The summed E-state index contributed by atoms with van der Waals surface area (Å²) in [5.74, 6) is 0. The topological polar surface area (TPSA) is 62.0 Å². The molecule has 2 N–H and O–H groups in total. The lowest BCUT2D eigenvalue weighted by Crippen LogP contribution is -2.23. The van der Waals surface area contributed by atoms with Crippen LogP contribution in [0.4, 0.5) is 0 Å². The van der Waals surface area contributed by atoms with E-state index in [-0.39, 0.29) is 16.5 Å². The maximum absolute atomic E-state index is 12.0. The number of H-pyrrole nitrogens is 1. The first-order valence-corrected chi connectivity index (χ1v) is 7.30. The van der Waals surface area contributed by atoms with E-state index in [4.69, 9.17) is 23.2 Å². The Labute approximate surface area is 115 Å². The Bertz CT molecular complexity index is 639. The number of sulfonamides is 1. The van der Waals surface area contributed by atoms with Crippen molar-refractivity contribution >= 4 is 33.2 Å². The van der Waals surface area contributed by atoms with Gasteiger partial charge in [-0.1, -0.05) is 23.2 Å². The molecule has 0 aliphatic carbocycles. The second kappa shape index (κ2) is 5.32. The Balaban J connectivity index is 2.17. The van der Waals surface area contributed by atoms with Gasteiger partial charge in [-0.05, 0) is 30.3 Å². The van der Waals surface area contributed by atoms with Crippen molar-refractivity contribution in [3.63, 3.8) is 0 Å². The number of rotatable bonds is 4. The van der Waals surface area contributed by atoms with E-state index in [2.05, 4.69) is 9.71 Å². The molecule has 0 atom stereocenters. The van der Waals surface area contributed by atoms with Gasteiger partial charge in [0.05, 0.1) is 21.5 Å². The zero-order valence-corrected chi connectivity index (χ0v) is 11.5. The molecule has 0 amide bonds. The van der Waals surface area contributed by atoms with Crippen molar-refractivity contribution in [2.75, 3.05) is 0 Å². The van der Waals surface area contributed by atoms with Crippen LogP contribution in [0.3, 0.4) is 0 Å². The van der Waals surface area contributed by atoms with Gasteiger partial charge in [-0.3, -0.25) is 0 Å². The van der Waals surface area contributed by atoms with E-state index in [1.165, 1.54) is 18.2 Å². The van der Waals surface area contributed by atoms with Gasteiger partial charge in [0.2, 0.25) is 10.0 Å². The van der Waals surface area contributed by atoms with E-state index in [1.807, 2.05) is 0 Å². The Morgan fingerprint density at radius 1 is 1.17 bits per heavy atom. The van der Waals surface area contributed by atoms with Gasteiger partial charge in [0.25, 0.3) is 0 Å². The zero-order chi connectivity index (χ0) is 13.2. The largest absolute Gasteiger partial charge is 0.364 e. The molecule has 0 aliphatic rings. The third-order valence-electron chi connectivity index (χ3n) is 2.32. The molecule has 0 fully saturated rings. The zero-order valence-electron chi connectivity index (χ0n) is 9.15. The maximum atomic E-state index is 12.0. The Morgan fingerprint density at radius 2 is 1.94 bits per heavy atom. The fraction of sp³-hybridized carbons (Fsp3) is 0.0909. The fourth-order valence-electron chi connectivity index (χ4n) is 1.38. The number of nitrogens with one attached hydrogen (secondary N) is 2. The van der Waals surface area contributed by atoms with E-state index in [0.29, 0.717) is 5.02 Å². The summed E-state index contributed by atoms with van der Waals surface area (Å²) < 4.78 is 26.4. The second-order valence-electron chi connectivity index (χ2n) is 3.60. The van der Waals surface area contributed by atoms with Crippen LogP contribution in [0, 0.1) is 0 Å². The molecule has 18 heavy (non-hydrogen) atoms. The molecule has 0 aliphatic heterocycles. The molecule has 1 aromatic heterocycles. The van der Waals surface area contributed by atoms with Crippen LogP contribution in [0.15, 0.2) is 41.4 Å². The SMILES string of the molecule is O=S(=O)(NCc1ccc[nH]1)c1ccc(Cl)c(Cl)c1. The molecule has 0 unspecified atom stereocenters. The van der Waals surface area contributed by atoms with Gasteiger partial charge < -0.3 is 4.98 Å². The Hall–Kier alpha value is -1.01. The summed E-state index contributed by atoms with van der Waals surface area (Å²) in [4.78, 5) is 2.99. The summed E-state index contributed by atoms with van der Waals surface area (Å²) in [7, 11) is -3.59. The minimum absolute atomic E-state index is 0.0865. The van der Waals surface area contributed by atoms with Gasteiger partial charge in [-0.2, -0.15) is 0 Å². The van der Waals surface area contributed by atoms with Gasteiger partial charge >= 0.3 is 0 Å². The van der Waals surface area contributed by atoms with Crippen LogP contribution in [-0.4, -0.2) is 13.4 Å². The van der Waals surface area contributed by atoms with Gasteiger partial charge in [-0.15, -0.1) is 0 Å². The molecular weight excluding hydrogens is 295 g/mol. The summed E-state index contributed by atoms with van der Waals surface area (Å²) in [6, 6.07) is 7.76. The van der Waals surface area contributed by atoms with E-state index < -0.39 is 10.0 Å². The van der Waals surface area contributed by atoms with Crippen LogP contribution in [0.25, 0.3) is 0 Å². The Morgan fingerprint density at radius 3 is 2.56 bits per heavy atom. The molecule has 1 heterocycles. The molecule has 2 aromatic rings. The van der Waals surface area contributed by atoms with Crippen LogP contribution in [-0.2, 0) is 16.6 Å². The molecule has 7 heteroatoms. The first-order chi connectivity index (χ1) is 8.49. The highest BCUT2D eigenvalue weighted by Gasteiger charge is 2.15. The monoisotopic (exact) mass is 304 g/mol. The quantitative estimate of drug-likeness (QED) is 0.912. The highest BCUT2D eigenvalue weighted by molar-refractivity contribution is 7.89. The lowest BCUT2D eigenvalue weighted by molar-refractivity contribution is 0.580. The average Bonchev–Trinajstić information content (AvgIpc) is 2.83. The van der Waals surface area contributed by atoms with E-state index in [0.717, 1.165) is 5.69 Å². The predicted molar refractivity (Wildman–Crippen MR) is 71.3 cm³/mol. The summed E-state index contributed by atoms with van der Waals surface area (Å²) in [6.07, 6.45) is 1.72. The highest BCUT2D eigenvalue weighted by atomic mass is 35.5. The van der Waals surface area contributed by atoms with Crippen LogP contribution in [0.2, 0.25) is 10.0 Å². The molecule has 0 radical (unpaired) electrons. The maximum Gasteiger partial charge on any atom is 0.240 e. The van der Waals surface area contributed by atoms with Crippen molar-refractivity contribution in [1.29, 1.82) is 0 Å². The molecule has 4 nitrogen and oxygen atoms in total. The number of benzene rings is 1.